The van der Waals surface area contributed by atoms with E-state index in [0.29, 0.717) is 34.4 Å². The molecule has 9 heteroatoms. The summed E-state index contributed by atoms with van der Waals surface area (Å²) in [5, 5.41) is 5.06. The van der Waals surface area contributed by atoms with Crippen LogP contribution in [0.2, 0.25) is 0 Å². The summed E-state index contributed by atoms with van der Waals surface area (Å²) in [5.41, 5.74) is 4.83. The van der Waals surface area contributed by atoms with E-state index in [1.54, 1.807) is 23.3 Å². The van der Waals surface area contributed by atoms with Crippen molar-refractivity contribution in [3.63, 3.8) is 0 Å². The van der Waals surface area contributed by atoms with Crippen molar-refractivity contribution in [2.24, 2.45) is 0 Å². The zero-order chi connectivity index (χ0) is 22.2. The van der Waals surface area contributed by atoms with Gasteiger partial charge in [0.1, 0.15) is 34.9 Å². The Morgan fingerprint density at radius 1 is 1.06 bits per heavy atom. The molecule has 0 unspecified atom stereocenters. The van der Waals surface area contributed by atoms with E-state index in [-0.39, 0.29) is 6.61 Å². The van der Waals surface area contributed by atoms with E-state index in [0.717, 1.165) is 21.6 Å². The van der Waals surface area contributed by atoms with Gasteiger partial charge in [-0.3, -0.25) is 0 Å². The fraction of sp³-hybridized carbons (Fsp3) is 0.0833. The number of imidazole rings is 1. The molecule has 0 aliphatic rings. The number of hydrogen-bond acceptors (Lipinski definition) is 8. The van der Waals surface area contributed by atoms with Gasteiger partial charge in [-0.15, -0.1) is 0 Å². The number of fused-ring (bicyclic) bond motifs is 2. The second-order valence-electron chi connectivity index (χ2n) is 7.27. The van der Waals surface area contributed by atoms with Gasteiger partial charge in [0.2, 0.25) is 4.96 Å². The molecule has 6 aromatic rings. The molecule has 4 heterocycles. The Morgan fingerprint density at radius 2 is 1.97 bits per heavy atom. The van der Waals surface area contributed by atoms with E-state index in [9.17, 15) is 0 Å². The van der Waals surface area contributed by atoms with Crippen LogP contribution >= 0.6 is 11.3 Å². The minimum atomic E-state index is 0.273. The van der Waals surface area contributed by atoms with E-state index in [1.165, 1.54) is 11.3 Å². The van der Waals surface area contributed by atoms with Crippen LogP contribution in [0, 0.1) is 0 Å². The van der Waals surface area contributed by atoms with Crippen molar-refractivity contribution in [3.05, 3.63) is 78.2 Å². The zero-order valence-corrected chi connectivity index (χ0v) is 18.3. The van der Waals surface area contributed by atoms with E-state index in [2.05, 4.69) is 20.1 Å². The lowest BCUT2D eigenvalue weighted by atomic mass is 10.2. The van der Waals surface area contributed by atoms with Crippen LogP contribution in [0.25, 0.3) is 38.8 Å². The monoisotopic (exact) mass is 455 g/mol. The summed E-state index contributed by atoms with van der Waals surface area (Å²) in [6.07, 6.45) is 3.58. The molecule has 0 saturated heterocycles. The van der Waals surface area contributed by atoms with Gasteiger partial charge in [-0.2, -0.15) is 5.10 Å². The molecule has 6 rings (SSSR count). The Morgan fingerprint density at radius 3 is 2.82 bits per heavy atom. The lowest BCUT2D eigenvalue weighted by molar-refractivity contribution is 0.302. The van der Waals surface area contributed by atoms with Gasteiger partial charge in [-0.1, -0.05) is 41.7 Å². The van der Waals surface area contributed by atoms with Gasteiger partial charge in [-0.25, -0.2) is 19.5 Å². The Hall–Kier alpha value is -4.24. The number of nitrogens with zero attached hydrogens (tertiary/aromatic N) is 5. The van der Waals surface area contributed by atoms with E-state index < -0.39 is 0 Å². The Kier molecular flexibility index (Phi) is 4.73. The van der Waals surface area contributed by atoms with Gasteiger partial charge in [0.05, 0.1) is 24.4 Å². The smallest absolute Gasteiger partial charge is 0.212 e. The molecule has 0 aliphatic heterocycles. The molecule has 0 spiro atoms. The molecule has 2 aromatic carbocycles. The summed E-state index contributed by atoms with van der Waals surface area (Å²) in [6.45, 7) is 0.273. The molecule has 0 atom stereocenters. The number of rotatable bonds is 6. The largest absolute Gasteiger partial charge is 0.496 e. The predicted octanol–water partition coefficient (Wildman–Crippen LogP) is 5.25. The van der Waals surface area contributed by atoms with Crippen molar-refractivity contribution >= 4 is 27.3 Å². The van der Waals surface area contributed by atoms with Crippen LogP contribution < -0.4 is 9.47 Å². The average molecular weight is 455 g/mol. The third-order valence-electron chi connectivity index (χ3n) is 5.17. The average Bonchev–Trinajstić information content (AvgIpc) is 3.58. The highest BCUT2D eigenvalue weighted by molar-refractivity contribution is 7.14. The first kappa shape index (κ1) is 19.4. The lowest BCUT2D eigenvalue weighted by Gasteiger charge is -2.09. The Balaban J connectivity index is 1.32. The molecule has 162 valence electrons. The van der Waals surface area contributed by atoms with Crippen LogP contribution in [0.3, 0.4) is 0 Å². The van der Waals surface area contributed by atoms with Crippen LogP contribution in [-0.2, 0) is 6.61 Å². The standard InChI is InChI=1S/C24H17N5O3S/c1-30-17-9-20(31-13-16-7-8-25-23(27-16)15-5-3-2-4-6-15)18-11-22(32-21(18)10-17)19-12-29-24(28-19)33-14-26-29/h2-12,14H,13H2,1H3. The van der Waals surface area contributed by atoms with Gasteiger partial charge in [-0.05, 0) is 12.1 Å². The zero-order valence-electron chi connectivity index (χ0n) is 17.5. The molecule has 8 nitrogen and oxygen atoms in total. The molecule has 0 radical (unpaired) electrons. The second kappa shape index (κ2) is 8.03. The van der Waals surface area contributed by atoms with Crippen LogP contribution in [0.15, 0.2) is 76.9 Å². The maximum absolute atomic E-state index is 6.17. The van der Waals surface area contributed by atoms with Gasteiger partial charge in [0.15, 0.2) is 11.6 Å². The van der Waals surface area contributed by atoms with Crippen LogP contribution in [0.5, 0.6) is 11.5 Å². The molecule has 0 amide bonds. The van der Waals surface area contributed by atoms with E-state index >= 15 is 0 Å². The van der Waals surface area contributed by atoms with Gasteiger partial charge in [0.25, 0.3) is 0 Å². The number of methoxy groups -OCH3 is 1. The quantitative estimate of drug-likeness (QED) is 0.339. The molecular formula is C24H17N5O3S. The van der Waals surface area contributed by atoms with Crippen molar-refractivity contribution in [1.29, 1.82) is 0 Å². The van der Waals surface area contributed by atoms with Gasteiger partial charge >= 0.3 is 0 Å². The normalized spacial score (nSPS) is 11.3. The summed E-state index contributed by atoms with van der Waals surface area (Å²) in [5.74, 6) is 2.57. The maximum atomic E-state index is 6.17. The molecule has 0 N–H and O–H groups in total. The van der Waals surface area contributed by atoms with Crippen molar-refractivity contribution in [3.8, 4) is 34.3 Å². The molecule has 0 fully saturated rings. The first-order valence-corrected chi connectivity index (χ1v) is 11.1. The van der Waals surface area contributed by atoms with Crippen LogP contribution in [0.1, 0.15) is 5.69 Å². The molecule has 0 saturated carbocycles. The highest BCUT2D eigenvalue weighted by Gasteiger charge is 2.16. The van der Waals surface area contributed by atoms with Crippen LogP contribution in [0.4, 0.5) is 0 Å². The Labute approximate surface area is 192 Å². The molecule has 33 heavy (non-hydrogen) atoms. The number of hydrogen-bond donors (Lipinski definition) is 0. The van der Waals surface area contributed by atoms with E-state index in [4.69, 9.17) is 13.9 Å². The Bertz CT molecular complexity index is 1540. The summed E-state index contributed by atoms with van der Waals surface area (Å²) >= 11 is 1.47. The number of furan rings is 1. The molecule has 4 aromatic heterocycles. The maximum Gasteiger partial charge on any atom is 0.212 e. The lowest BCUT2D eigenvalue weighted by Crippen LogP contribution is -2.01. The minimum Gasteiger partial charge on any atom is -0.496 e. The van der Waals surface area contributed by atoms with E-state index in [1.807, 2.05) is 60.8 Å². The highest BCUT2D eigenvalue weighted by atomic mass is 32.1. The number of aromatic nitrogens is 5. The molecule has 0 aliphatic carbocycles. The summed E-state index contributed by atoms with van der Waals surface area (Å²) < 4.78 is 19.4. The topological polar surface area (TPSA) is 87.6 Å². The summed E-state index contributed by atoms with van der Waals surface area (Å²) in [6, 6.07) is 17.3. The van der Waals surface area contributed by atoms with Crippen molar-refractivity contribution in [2.45, 2.75) is 6.61 Å². The third-order valence-corrected chi connectivity index (χ3v) is 5.86. The fourth-order valence-corrected chi connectivity index (χ4v) is 4.16. The predicted molar refractivity (Wildman–Crippen MR) is 124 cm³/mol. The second-order valence-corrected chi connectivity index (χ2v) is 8.08. The SMILES string of the molecule is COc1cc(OCc2ccnc(-c3ccccc3)n2)c2cc(-c3cn4ncsc4n3)oc2c1. The first-order valence-electron chi connectivity index (χ1n) is 10.2. The van der Waals surface area contributed by atoms with Crippen LogP contribution in [-0.4, -0.2) is 31.7 Å². The summed E-state index contributed by atoms with van der Waals surface area (Å²) in [4.78, 5) is 14.4. The molecular weight excluding hydrogens is 438 g/mol. The van der Waals surface area contributed by atoms with Gasteiger partial charge in [0, 0.05) is 23.9 Å². The van der Waals surface area contributed by atoms with Crippen molar-refractivity contribution in [1.82, 2.24) is 24.6 Å². The first-order chi connectivity index (χ1) is 16.3. The number of benzene rings is 2. The van der Waals surface area contributed by atoms with Crippen molar-refractivity contribution < 1.29 is 13.9 Å². The minimum absolute atomic E-state index is 0.273. The highest BCUT2D eigenvalue weighted by Crippen LogP contribution is 2.37. The van der Waals surface area contributed by atoms with Crippen molar-refractivity contribution in [2.75, 3.05) is 7.11 Å². The molecule has 0 bridgehead atoms. The van der Waals surface area contributed by atoms with Gasteiger partial charge < -0.3 is 13.9 Å². The third kappa shape index (κ3) is 3.68. The summed E-state index contributed by atoms with van der Waals surface area (Å²) in [7, 11) is 1.61. The number of ether oxygens (including phenoxy) is 2. The fourth-order valence-electron chi connectivity index (χ4n) is 3.56.